The fraction of sp³-hybridized carbons (Fsp3) is 0.316. The van der Waals surface area contributed by atoms with E-state index in [9.17, 15) is 4.79 Å². The predicted octanol–water partition coefficient (Wildman–Crippen LogP) is 2.79. The van der Waals surface area contributed by atoms with Crippen molar-refractivity contribution in [2.45, 2.75) is 19.9 Å². The van der Waals surface area contributed by atoms with Crippen LogP contribution in [0.4, 0.5) is 5.69 Å². The zero-order valence-electron chi connectivity index (χ0n) is 14.3. The number of amides is 1. The molecular formula is C19H22N2O3. The zero-order valence-corrected chi connectivity index (χ0v) is 14.3. The van der Waals surface area contributed by atoms with Crippen molar-refractivity contribution in [3.8, 4) is 11.5 Å². The molecule has 1 heterocycles. The minimum Gasteiger partial charge on any atom is -0.493 e. The Hall–Kier alpha value is -2.69. The maximum atomic E-state index is 12.9. The van der Waals surface area contributed by atoms with E-state index >= 15 is 0 Å². The van der Waals surface area contributed by atoms with E-state index in [1.807, 2.05) is 36.1 Å². The summed E-state index contributed by atoms with van der Waals surface area (Å²) in [4.78, 5) is 14.7. The topological polar surface area (TPSA) is 64.8 Å². The number of carbonyl (C=O) groups excluding carboxylic acids is 1. The second-order valence-corrected chi connectivity index (χ2v) is 6.03. The van der Waals surface area contributed by atoms with Crippen LogP contribution in [0.1, 0.15) is 27.0 Å². The summed E-state index contributed by atoms with van der Waals surface area (Å²) >= 11 is 0. The van der Waals surface area contributed by atoms with Gasteiger partial charge in [-0.05, 0) is 54.3 Å². The van der Waals surface area contributed by atoms with Gasteiger partial charge in [-0.15, -0.1) is 0 Å². The van der Waals surface area contributed by atoms with E-state index in [0.717, 1.165) is 23.3 Å². The number of hydrogen-bond acceptors (Lipinski definition) is 4. The molecule has 1 aliphatic heterocycles. The van der Waals surface area contributed by atoms with Crippen LogP contribution < -0.4 is 15.2 Å². The number of nitrogens with zero attached hydrogens (tertiary/aromatic N) is 1. The van der Waals surface area contributed by atoms with Gasteiger partial charge in [0, 0.05) is 24.3 Å². The highest BCUT2D eigenvalue weighted by Gasteiger charge is 2.24. The lowest BCUT2D eigenvalue weighted by Gasteiger charge is -2.30. The molecule has 0 aliphatic carbocycles. The number of ether oxygens (including phenoxy) is 2. The van der Waals surface area contributed by atoms with Gasteiger partial charge in [0.15, 0.2) is 11.5 Å². The summed E-state index contributed by atoms with van der Waals surface area (Å²) < 4.78 is 10.7. The van der Waals surface area contributed by atoms with Crippen molar-refractivity contribution < 1.29 is 14.3 Å². The summed E-state index contributed by atoms with van der Waals surface area (Å²) in [6.07, 6.45) is 0.794. The molecule has 0 spiro atoms. The molecule has 2 aromatic rings. The summed E-state index contributed by atoms with van der Waals surface area (Å²) in [5.74, 6) is 1.42. The Morgan fingerprint density at radius 2 is 1.75 bits per heavy atom. The molecule has 5 heteroatoms. The van der Waals surface area contributed by atoms with E-state index in [0.29, 0.717) is 30.1 Å². The molecule has 0 aromatic heterocycles. The molecular weight excluding hydrogens is 304 g/mol. The molecule has 1 aliphatic rings. The Morgan fingerprint density at radius 3 is 2.42 bits per heavy atom. The monoisotopic (exact) mass is 326 g/mol. The second kappa shape index (κ2) is 6.43. The van der Waals surface area contributed by atoms with Gasteiger partial charge in [0.05, 0.1) is 14.2 Å². The molecule has 0 saturated carbocycles. The Balaban J connectivity index is 1.89. The van der Waals surface area contributed by atoms with Gasteiger partial charge >= 0.3 is 0 Å². The van der Waals surface area contributed by atoms with Gasteiger partial charge < -0.3 is 20.1 Å². The van der Waals surface area contributed by atoms with Crippen molar-refractivity contribution in [3.05, 3.63) is 52.6 Å². The van der Waals surface area contributed by atoms with Crippen molar-refractivity contribution in [2.75, 3.05) is 26.5 Å². The summed E-state index contributed by atoms with van der Waals surface area (Å²) in [6, 6.07) is 9.41. The van der Waals surface area contributed by atoms with E-state index in [1.165, 1.54) is 5.56 Å². The number of fused-ring (bicyclic) bond motifs is 1. The Labute approximate surface area is 142 Å². The van der Waals surface area contributed by atoms with Crippen LogP contribution in [-0.4, -0.2) is 31.6 Å². The molecule has 126 valence electrons. The lowest BCUT2D eigenvalue weighted by atomic mass is 9.97. The maximum absolute atomic E-state index is 12.9. The zero-order chi connectivity index (χ0) is 17.3. The minimum atomic E-state index is 0.0141. The quantitative estimate of drug-likeness (QED) is 0.881. The second-order valence-electron chi connectivity index (χ2n) is 6.03. The normalized spacial score (nSPS) is 13.4. The molecule has 5 nitrogen and oxygen atoms in total. The maximum Gasteiger partial charge on any atom is 0.254 e. The van der Waals surface area contributed by atoms with Gasteiger partial charge in [-0.2, -0.15) is 0 Å². The van der Waals surface area contributed by atoms with Crippen molar-refractivity contribution in [1.29, 1.82) is 0 Å². The highest BCUT2D eigenvalue weighted by Crippen LogP contribution is 2.33. The molecule has 2 aromatic carbocycles. The first-order chi connectivity index (χ1) is 11.5. The number of methoxy groups -OCH3 is 2. The molecule has 0 unspecified atom stereocenters. The fourth-order valence-corrected chi connectivity index (χ4v) is 3.10. The van der Waals surface area contributed by atoms with Crippen LogP contribution in [0.5, 0.6) is 11.5 Å². The number of nitrogens with two attached hydrogens (primary N) is 1. The highest BCUT2D eigenvalue weighted by atomic mass is 16.5. The molecule has 0 atom stereocenters. The van der Waals surface area contributed by atoms with Gasteiger partial charge in [-0.1, -0.05) is 6.07 Å². The lowest BCUT2D eigenvalue weighted by molar-refractivity contribution is 0.0733. The summed E-state index contributed by atoms with van der Waals surface area (Å²) in [7, 11) is 3.25. The largest absolute Gasteiger partial charge is 0.493 e. The number of benzene rings is 2. The van der Waals surface area contributed by atoms with Crippen LogP contribution in [0.25, 0.3) is 0 Å². The van der Waals surface area contributed by atoms with E-state index < -0.39 is 0 Å². The molecule has 24 heavy (non-hydrogen) atoms. The average molecular weight is 326 g/mol. The Morgan fingerprint density at radius 1 is 1.08 bits per heavy atom. The van der Waals surface area contributed by atoms with Crippen LogP contribution in [0, 0.1) is 6.92 Å². The lowest BCUT2D eigenvalue weighted by Crippen LogP contribution is -2.36. The Kier molecular flexibility index (Phi) is 4.34. The number of hydrogen-bond donors (Lipinski definition) is 1. The van der Waals surface area contributed by atoms with Crippen LogP contribution in [-0.2, 0) is 13.0 Å². The first kappa shape index (κ1) is 16.2. The van der Waals surface area contributed by atoms with Crippen molar-refractivity contribution in [1.82, 2.24) is 4.90 Å². The van der Waals surface area contributed by atoms with E-state index in [-0.39, 0.29) is 5.91 Å². The predicted molar refractivity (Wildman–Crippen MR) is 93.6 cm³/mol. The third-order valence-corrected chi connectivity index (χ3v) is 4.50. The van der Waals surface area contributed by atoms with Gasteiger partial charge in [0.1, 0.15) is 0 Å². The molecule has 3 rings (SSSR count). The molecule has 0 fully saturated rings. The van der Waals surface area contributed by atoms with Gasteiger partial charge in [0.2, 0.25) is 0 Å². The third kappa shape index (κ3) is 2.89. The number of carbonyl (C=O) groups is 1. The number of rotatable bonds is 3. The Bertz CT molecular complexity index is 786. The van der Waals surface area contributed by atoms with Crippen LogP contribution in [0.3, 0.4) is 0 Å². The number of anilines is 1. The fourth-order valence-electron chi connectivity index (χ4n) is 3.10. The first-order valence-electron chi connectivity index (χ1n) is 7.92. The third-order valence-electron chi connectivity index (χ3n) is 4.50. The molecule has 2 N–H and O–H groups in total. The minimum absolute atomic E-state index is 0.0141. The average Bonchev–Trinajstić information content (AvgIpc) is 2.61. The van der Waals surface area contributed by atoms with Gasteiger partial charge in [-0.3, -0.25) is 4.79 Å². The van der Waals surface area contributed by atoms with Crippen molar-refractivity contribution >= 4 is 11.6 Å². The molecule has 0 bridgehead atoms. The number of nitrogen functional groups attached to an aromatic ring is 1. The van der Waals surface area contributed by atoms with Crippen LogP contribution in [0.15, 0.2) is 30.3 Å². The summed E-state index contributed by atoms with van der Waals surface area (Å²) in [6.45, 7) is 3.16. The molecule has 0 radical (unpaired) electrons. The van der Waals surface area contributed by atoms with Gasteiger partial charge in [0.25, 0.3) is 5.91 Å². The smallest absolute Gasteiger partial charge is 0.254 e. The van der Waals surface area contributed by atoms with Crippen molar-refractivity contribution in [2.24, 2.45) is 0 Å². The molecule has 1 amide bonds. The summed E-state index contributed by atoms with van der Waals surface area (Å²) in [5.41, 5.74) is 10.3. The van der Waals surface area contributed by atoms with Crippen LogP contribution in [0.2, 0.25) is 0 Å². The highest BCUT2D eigenvalue weighted by molar-refractivity contribution is 5.96. The first-order valence-corrected chi connectivity index (χ1v) is 7.92. The van der Waals surface area contributed by atoms with E-state index in [4.69, 9.17) is 15.2 Å². The standard InChI is InChI=1S/C19H22N2O3/c1-12-4-5-15(20)10-16(12)19(22)21-7-6-13-8-17(23-2)18(24-3)9-14(13)11-21/h4-5,8-10H,6-7,11,20H2,1-3H3. The van der Waals surface area contributed by atoms with Gasteiger partial charge in [-0.25, -0.2) is 0 Å². The van der Waals surface area contributed by atoms with Crippen molar-refractivity contribution in [3.63, 3.8) is 0 Å². The number of aryl methyl sites for hydroxylation is 1. The summed E-state index contributed by atoms with van der Waals surface area (Å²) in [5, 5.41) is 0. The van der Waals surface area contributed by atoms with E-state index in [1.54, 1.807) is 20.3 Å². The van der Waals surface area contributed by atoms with E-state index in [2.05, 4.69) is 0 Å². The van der Waals surface area contributed by atoms with Crippen LogP contribution >= 0.6 is 0 Å². The SMILES string of the molecule is COc1cc2c(cc1OC)CN(C(=O)c1cc(N)ccc1C)CC2. The molecule has 0 saturated heterocycles.